The van der Waals surface area contributed by atoms with Crippen LogP contribution in [0, 0.1) is 0 Å². The van der Waals surface area contributed by atoms with Gasteiger partial charge in [0.2, 0.25) is 0 Å². The highest BCUT2D eigenvalue weighted by atomic mass is 35.5. The Kier molecular flexibility index (Phi) is 4.41. The smallest absolute Gasteiger partial charge is 0.187 e. The first-order chi connectivity index (χ1) is 10.6. The highest BCUT2D eigenvalue weighted by Gasteiger charge is 2.46. The first kappa shape index (κ1) is 15.7. The van der Waals surface area contributed by atoms with Gasteiger partial charge in [-0.25, -0.2) is 9.67 Å². The van der Waals surface area contributed by atoms with E-state index in [4.69, 9.17) is 32.7 Å². The summed E-state index contributed by atoms with van der Waals surface area (Å²) >= 11 is 12.4. The molecule has 5 nitrogen and oxygen atoms in total. The van der Waals surface area contributed by atoms with Crippen LogP contribution in [0.25, 0.3) is 0 Å². The minimum atomic E-state index is -0.734. The maximum atomic E-state index is 6.42. The van der Waals surface area contributed by atoms with E-state index in [2.05, 4.69) is 17.0 Å². The summed E-state index contributed by atoms with van der Waals surface area (Å²) in [7, 11) is 0. The van der Waals surface area contributed by atoms with Crippen molar-refractivity contribution in [2.24, 2.45) is 0 Å². The molecule has 2 heterocycles. The Morgan fingerprint density at radius 3 is 2.82 bits per heavy atom. The Morgan fingerprint density at radius 1 is 1.41 bits per heavy atom. The molecule has 7 heteroatoms. The zero-order valence-corrected chi connectivity index (χ0v) is 13.9. The van der Waals surface area contributed by atoms with Gasteiger partial charge in [0.05, 0.1) is 12.7 Å². The van der Waals surface area contributed by atoms with Gasteiger partial charge in [0, 0.05) is 15.6 Å². The largest absolute Gasteiger partial charge is 0.347 e. The molecule has 0 spiro atoms. The molecule has 22 heavy (non-hydrogen) atoms. The Balaban J connectivity index is 2.08. The molecule has 0 amide bonds. The SMILES string of the molecule is CCC1COC(C(C)(c2ccc(Cl)cc2Cl)n2cncn2)O1. The summed E-state index contributed by atoms with van der Waals surface area (Å²) in [6, 6.07) is 5.38. The van der Waals surface area contributed by atoms with Crippen LogP contribution in [0.1, 0.15) is 25.8 Å². The van der Waals surface area contributed by atoms with E-state index in [0.29, 0.717) is 16.7 Å². The maximum Gasteiger partial charge on any atom is 0.187 e. The van der Waals surface area contributed by atoms with Crippen molar-refractivity contribution >= 4 is 23.2 Å². The van der Waals surface area contributed by atoms with Gasteiger partial charge in [-0.05, 0) is 25.5 Å². The van der Waals surface area contributed by atoms with E-state index < -0.39 is 11.8 Å². The van der Waals surface area contributed by atoms with Gasteiger partial charge in [-0.1, -0.05) is 36.2 Å². The fourth-order valence-corrected chi connectivity index (χ4v) is 3.26. The standard InChI is InChI=1S/C15H17Cl2N3O2/c1-3-11-7-21-14(22-11)15(2,20-9-18-8-19-20)12-5-4-10(16)6-13(12)17/h4-6,8-9,11,14H,3,7H2,1-2H3. The lowest BCUT2D eigenvalue weighted by molar-refractivity contribution is -0.119. The average molecular weight is 342 g/mol. The molecule has 0 radical (unpaired) electrons. The molecule has 1 aliphatic rings. The molecule has 3 atom stereocenters. The molecule has 1 aliphatic heterocycles. The van der Waals surface area contributed by atoms with E-state index in [0.717, 1.165) is 12.0 Å². The van der Waals surface area contributed by atoms with E-state index in [9.17, 15) is 0 Å². The van der Waals surface area contributed by atoms with Crippen LogP contribution in [0.2, 0.25) is 10.0 Å². The van der Waals surface area contributed by atoms with Gasteiger partial charge in [0.25, 0.3) is 0 Å². The van der Waals surface area contributed by atoms with Crippen LogP contribution in [0.5, 0.6) is 0 Å². The maximum absolute atomic E-state index is 6.42. The molecule has 1 fully saturated rings. The number of aromatic nitrogens is 3. The van der Waals surface area contributed by atoms with Crippen molar-refractivity contribution in [1.82, 2.24) is 14.8 Å². The summed E-state index contributed by atoms with van der Waals surface area (Å²) in [5.41, 5.74) is 0.0908. The minimum absolute atomic E-state index is 0.0684. The predicted octanol–water partition coefficient (Wildman–Crippen LogP) is 3.50. The first-order valence-electron chi connectivity index (χ1n) is 7.13. The zero-order valence-electron chi connectivity index (χ0n) is 12.4. The van der Waals surface area contributed by atoms with E-state index in [1.165, 1.54) is 6.33 Å². The van der Waals surface area contributed by atoms with Crippen LogP contribution in [-0.2, 0) is 15.0 Å². The second kappa shape index (κ2) is 6.16. The third-order valence-electron chi connectivity index (χ3n) is 4.03. The van der Waals surface area contributed by atoms with Gasteiger partial charge in [0.15, 0.2) is 6.29 Å². The topological polar surface area (TPSA) is 49.2 Å². The lowest BCUT2D eigenvalue weighted by atomic mass is 9.91. The summed E-state index contributed by atoms with van der Waals surface area (Å²) < 4.78 is 13.6. The summed E-state index contributed by atoms with van der Waals surface area (Å²) in [5.74, 6) is 0. The molecular formula is C15H17Cl2N3O2. The van der Waals surface area contributed by atoms with Gasteiger partial charge in [-0.3, -0.25) is 0 Å². The van der Waals surface area contributed by atoms with Crippen molar-refractivity contribution in [3.8, 4) is 0 Å². The third kappa shape index (κ3) is 2.63. The highest BCUT2D eigenvalue weighted by Crippen LogP contribution is 2.39. The molecular weight excluding hydrogens is 325 g/mol. The van der Waals surface area contributed by atoms with Crippen molar-refractivity contribution in [2.75, 3.05) is 6.61 Å². The minimum Gasteiger partial charge on any atom is -0.347 e. The van der Waals surface area contributed by atoms with Crippen LogP contribution in [0.4, 0.5) is 0 Å². The van der Waals surface area contributed by atoms with Crippen LogP contribution in [0.3, 0.4) is 0 Å². The number of hydrogen-bond donors (Lipinski definition) is 0. The highest BCUT2D eigenvalue weighted by molar-refractivity contribution is 6.35. The molecule has 1 aromatic heterocycles. The van der Waals surface area contributed by atoms with Gasteiger partial charge in [-0.2, -0.15) is 5.10 Å². The molecule has 0 saturated carbocycles. The van der Waals surface area contributed by atoms with Crippen LogP contribution in [0.15, 0.2) is 30.9 Å². The number of halogens is 2. The van der Waals surface area contributed by atoms with Crippen LogP contribution >= 0.6 is 23.2 Å². The molecule has 3 unspecified atom stereocenters. The first-order valence-corrected chi connectivity index (χ1v) is 7.89. The summed E-state index contributed by atoms with van der Waals surface area (Å²) in [6.07, 6.45) is 3.57. The second-order valence-electron chi connectivity index (χ2n) is 5.44. The Bertz CT molecular complexity index is 650. The van der Waals surface area contributed by atoms with Gasteiger partial charge < -0.3 is 9.47 Å². The average Bonchev–Trinajstić information content (AvgIpc) is 3.18. The molecule has 3 rings (SSSR count). The summed E-state index contributed by atoms with van der Waals surface area (Å²) in [5, 5.41) is 5.40. The number of ether oxygens (including phenoxy) is 2. The van der Waals surface area contributed by atoms with Crippen molar-refractivity contribution in [1.29, 1.82) is 0 Å². The molecule has 0 N–H and O–H groups in total. The molecule has 0 bridgehead atoms. The predicted molar refractivity (Wildman–Crippen MR) is 84.1 cm³/mol. The quantitative estimate of drug-likeness (QED) is 0.853. The number of nitrogens with zero attached hydrogens (tertiary/aromatic N) is 3. The van der Waals surface area contributed by atoms with Crippen LogP contribution < -0.4 is 0 Å². The second-order valence-corrected chi connectivity index (χ2v) is 6.29. The van der Waals surface area contributed by atoms with Crippen molar-refractivity contribution in [2.45, 2.75) is 38.2 Å². The number of hydrogen-bond acceptors (Lipinski definition) is 4. The number of benzene rings is 1. The molecule has 2 aromatic rings. The van der Waals surface area contributed by atoms with Crippen LogP contribution in [-0.4, -0.2) is 33.8 Å². The molecule has 1 saturated heterocycles. The monoisotopic (exact) mass is 341 g/mol. The van der Waals surface area contributed by atoms with Gasteiger partial charge in [-0.15, -0.1) is 0 Å². The fourth-order valence-electron chi connectivity index (χ4n) is 2.66. The van der Waals surface area contributed by atoms with E-state index >= 15 is 0 Å². The Labute approximate surface area is 139 Å². The zero-order chi connectivity index (χ0) is 15.7. The van der Waals surface area contributed by atoms with E-state index in [1.54, 1.807) is 23.1 Å². The summed E-state index contributed by atoms with van der Waals surface area (Å²) in [6.45, 7) is 4.59. The lowest BCUT2D eigenvalue weighted by Gasteiger charge is -2.35. The van der Waals surface area contributed by atoms with Crippen molar-refractivity contribution < 1.29 is 9.47 Å². The molecule has 118 valence electrons. The molecule has 1 aromatic carbocycles. The summed E-state index contributed by atoms with van der Waals surface area (Å²) in [4.78, 5) is 4.04. The Morgan fingerprint density at radius 2 is 2.23 bits per heavy atom. The van der Waals surface area contributed by atoms with Gasteiger partial charge in [0.1, 0.15) is 18.2 Å². The van der Waals surface area contributed by atoms with Crippen molar-refractivity contribution in [3.63, 3.8) is 0 Å². The van der Waals surface area contributed by atoms with Gasteiger partial charge >= 0.3 is 0 Å². The lowest BCUT2D eigenvalue weighted by Crippen LogP contribution is -2.45. The number of rotatable bonds is 4. The van der Waals surface area contributed by atoms with E-state index in [-0.39, 0.29) is 6.10 Å². The fraction of sp³-hybridized carbons (Fsp3) is 0.467. The van der Waals surface area contributed by atoms with Crippen molar-refractivity contribution in [3.05, 3.63) is 46.5 Å². The Hall–Kier alpha value is -1.14. The molecule has 0 aliphatic carbocycles. The van der Waals surface area contributed by atoms with E-state index in [1.807, 2.05) is 13.0 Å². The normalized spacial score (nSPS) is 24.4. The third-order valence-corrected chi connectivity index (χ3v) is 4.58.